The molecule has 0 unspecified atom stereocenters. The fourth-order valence-corrected chi connectivity index (χ4v) is 1.25. The van der Waals surface area contributed by atoms with Crippen molar-refractivity contribution in [1.82, 2.24) is 0 Å². The zero-order valence-corrected chi connectivity index (χ0v) is 8.87. The Balaban J connectivity index is 2.07. The first-order valence-corrected chi connectivity index (χ1v) is 4.97. The summed E-state index contributed by atoms with van der Waals surface area (Å²) >= 11 is 0. The van der Waals surface area contributed by atoms with Crippen LogP contribution in [-0.2, 0) is 0 Å². The summed E-state index contributed by atoms with van der Waals surface area (Å²) in [4.78, 5) is 20.8. The average Bonchev–Trinajstić information content (AvgIpc) is 2.38. The summed E-state index contributed by atoms with van der Waals surface area (Å²) in [5.74, 6) is 0.921. The summed E-state index contributed by atoms with van der Waals surface area (Å²) in [6, 6.07) is 12.8. The third-order valence-electron chi connectivity index (χ3n) is 2.11. The molecule has 2 aromatic rings. The minimum Gasteiger partial charge on any atom is -0.508 e. The van der Waals surface area contributed by atoms with E-state index in [0.717, 1.165) is 0 Å². The lowest BCUT2D eigenvalue weighted by atomic mass is 10.2. The number of phenols is 1. The fourth-order valence-electron chi connectivity index (χ4n) is 1.25. The van der Waals surface area contributed by atoms with E-state index in [1.807, 2.05) is 0 Å². The molecule has 4 nitrogen and oxygen atoms in total. The Hall–Kier alpha value is -2.49. The van der Waals surface area contributed by atoms with Crippen molar-refractivity contribution in [2.24, 2.45) is 0 Å². The number of phenolic OH excluding ortho intramolecular Hbond substituents is 1. The zero-order chi connectivity index (χ0) is 12.1. The number of rotatable bonds is 4. The topological polar surface area (TPSA) is 55.8 Å². The molecule has 4 heteroatoms. The third-order valence-corrected chi connectivity index (χ3v) is 2.11. The second-order valence-electron chi connectivity index (χ2n) is 3.32. The number of carbonyl (C=O) groups excluding carboxylic acids is 1. The van der Waals surface area contributed by atoms with Gasteiger partial charge in [-0.05, 0) is 36.4 Å². The first-order chi connectivity index (χ1) is 8.29. The second-order valence-corrected chi connectivity index (χ2v) is 3.32. The lowest BCUT2D eigenvalue weighted by Gasteiger charge is -2.06. The summed E-state index contributed by atoms with van der Waals surface area (Å²) < 4.78 is 0. The van der Waals surface area contributed by atoms with E-state index in [-0.39, 0.29) is 5.75 Å². The van der Waals surface area contributed by atoms with Gasteiger partial charge in [-0.25, -0.2) is 0 Å². The molecule has 0 atom stereocenters. The number of para-hydroxylation sites is 1. The third kappa shape index (κ3) is 2.75. The van der Waals surface area contributed by atoms with Crippen molar-refractivity contribution >= 4 is 6.29 Å². The van der Waals surface area contributed by atoms with E-state index in [4.69, 9.17) is 14.9 Å². The minimum absolute atomic E-state index is 0.144. The molecule has 0 saturated heterocycles. The maximum Gasteiger partial charge on any atom is 0.189 e. The predicted molar refractivity (Wildman–Crippen MR) is 61.2 cm³/mol. The molecule has 0 aliphatic rings. The van der Waals surface area contributed by atoms with Crippen LogP contribution in [0.4, 0.5) is 0 Å². The molecular weight excluding hydrogens is 220 g/mol. The van der Waals surface area contributed by atoms with Crippen molar-refractivity contribution in [3.05, 3.63) is 54.1 Å². The van der Waals surface area contributed by atoms with Gasteiger partial charge in [-0.2, -0.15) is 0 Å². The van der Waals surface area contributed by atoms with Crippen molar-refractivity contribution in [2.75, 3.05) is 0 Å². The van der Waals surface area contributed by atoms with Crippen LogP contribution in [0.5, 0.6) is 17.2 Å². The summed E-state index contributed by atoms with van der Waals surface area (Å²) in [6.07, 6.45) is 0.690. The van der Waals surface area contributed by atoms with Gasteiger partial charge in [-0.3, -0.25) is 14.6 Å². The normalized spacial score (nSPS) is 9.65. The van der Waals surface area contributed by atoms with Crippen molar-refractivity contribution in [2.45, 2.75) is 0 Å². The maximum atomic E-state index is 10.7. The number of carbonyl (C=O) groups is 1. The zero-order valence-electron chi connectivity index (χ0n) is 8.87. The Morgan fingerprint density at radius 1 is 0.941 bits per heavy atom. The molecular formula is C13H10O4. The van der Waals surface area contributed by atoms with Gasteiger partial charge in [0.1, 0.15) is 5.75 Å². The van der Waals surface area contributed by atoms with E-state index in [1.165, 1.54) is 12.1 Å². The molecule has 2 rings (SSSR count). The Labute approximate surface area is 98.0 Å². The molecule has 0 aromatic heterocycles. The van der Waals surface area contributed by atoms with Crippen LogP contribution in [0.3, 0.4) is 0 Å². The van der Waals surface area contributed by atoms with Gasteiger partial charge in [0, 0.05) is 0 Å². The summed E-state index contributed by atoms with van der Waals surface area (Å²) in [6.45, 7) is 0. The number of benzene rings is 2. The summed E-state index contributed by atoms with van der Waals surface area (Å²) in [5.41, 5.74) is 0.409. The van der Waals surface area contributed by atoms with E-state index in [0.29, 0.717) is 23.3 Å². The van der Waals surface area contributed by atoms with Crippen molar-refractivity contribution in [1.29, 1.82) is 0 Å². The van der Waals surface area contributed by atoms with Gasteiger partial charge >= 0.3 is 0 Å². The quantitative estimate of drug-likeness (QED) is 0.498. The molecule has 0 radical (unpaired) electrons. The fraction of sp³-hybridized carbons (Fsp3) is 0. The number of hydrogen-bond donors (Lipinski definition) is 1. The van der Waals surface area contributed by atoms with E-state index < -0.39 is 0 Å². The largest absolute Gasteiger partial charge is 0.508 e. The lowest BCUT2D eigenvalue weighted by Crippen LogP contribution is -2.02. The van der Waals surface area contributed by atoms with Gasteiger partial charge in [0.2, 0.25) is 0 Å². The predicted octanol–water partition coefficient (Wildman–Crippen LogP) is 2.58. The van der Waals surface area contributed by atoms with E-state index in [1.54, 1.807) is 36.4 Å². The van der Waals surface area contributed by atoms with Crippen LogP contribution in [0.1, 0.15) is 10.4 Å². The SMILES string of the molecule is O=Cc1ccccc1OOc1ccc(O)cc1. The molecule has 2 aromatic carbocycles. The highest BCUT2D eigenvalue weighted by Crippen LogP contribution is 2.20. The molecule has 1 N–H and O–H groups in total. The van der Waals surface area contributed by atoms with Gasteiger partial charge in [0.15, 0.2) is 17.8 Å². The Bertz CT molecular complexity index is 505. The molecule has 0 spiro atoms. The molecule has 0 fully saturated rings. The van der Waals surface area contributed by atoms with Crippen LogP contribution >= 0.6 is 0 Å². The van der Waals surface area contributed by atoms with Crippen LogP contribution in [0.15, 0.2) is 48.5 Å². The second kappa shape index (κ2) is 5.03. The smallest absolute Gasteiger partial charge is 0.189 e. The Morgan fingerprint density at radius 3 is 2.35 bits per heavy atom. The van der Waals surface area contributed by atoms with Crippen LogP contribution in [0, 0.1) is 0 Å². The Kier molecular flexibility index (Phi) is 3.25. The summed E-state index contributed by atoms with van der Waals surface area (Å²) in [7, 11) is 0. The van der Waals surface area contributed by atoms with Gasteiger partial charge in [-0.1, -0.05) is 12.1 Å². The highest BCUT2D eigenvalue weighted by molar-refractivity contribution is 5.79. The molecule has 0 saturated carbocycles. The van der Waals surface area contributed by atoms with E-state index in [2.05, 4.69) is 0 Å². The first-order valence-electron chi connectivity index (χ1n) is 4.97. The standard InChI is InChI=1S/C13H10O4/c14-9-10-3-1-2-4-13(10)17-16-12-7-5-11(15)6-8-12/h1-9,15H. The van der Waals surface area contributed by atoms with Gasteiger partial charge in [0.25, 0.3) is 0 Å². The molecule has 0 amide bonds. The Morgan fingerprint density at radius 2 is 1.65 bits per heavy atom. The number of hydrogen-bond acceptors (Lipinski definition) is 4. The lowest BCUT2D eigenvalue weighted by molar-refractivity contribution is -0.100. The van der Waals surface area contributed by atoms with Crippen LogP contribution in [0.2, 0.25) is 0 Å². The van der Waals surface area contributed by atoms with Crippen molar-refractivity contribution < 1.29 is 19.7 Å². The van der Waals surface area contributed by atoms with Crippen LogP contribution < -0.4 is 9.78 Å². The van der Waals surface area contributed by atoms with E-state index >= 15 is 0 Å². The monoisotopic (exact) mass is 230 g/mol. The first kappa shape index (κ1) is 11.0. The molecule has 0 heterocycles. The van der Waals surface area contributed by atoms with Crippen LogP contribution in [0.25, 0.3) is 0 Å². The van der Waals surface area contributed by atoms with Gasteiger partial charge in [-0.15, -0.1) is 0 Å². The average molecular weight is 230 g/mol. The summed E-state index contributed by atoms with van der Waals surface area (Å²) in [5, 5.41) is 9.08. The molecule has 0 aliphatic carbocycles. The molecule has 86 valence electrons. The number of aromatic hydroxyl groups is 1. The molecule has 17 heavy (non-hydrogen) atoms. The molecule has 0 aliphatic heterocycles. The van der Waals surface area contributed by atoms with E-state index in [9.17, 15) is 4.79 Å². The molecule has 0 bridgehead atoms. The highest BCUT2D eigenvalue weighted by atomic mass is 17.2. The minimum atomic E-state index is 0.144. The number of aldehydes is 1. The van der Waals surface area contributed by atoms with Gasteiger partial charge in [0.05, 0.1) is 5.56 Å². The maximum absolute atomic E-state index is 10.7. The highest BCUT2D eigenvalue weighted by Gasteiger charge is 2.03. The van der Waals surface area contributed by atoms with Gasteiger partial charge < -0.3 is 5.11 Å². The van der Waals surface area contributed by atoms with Crippen molar-refractivity contribution in [3.8, 4) is 17.2 Å². The van der Waals surface area contributed by atoms with Crippen molar-refractivity contribution in [3.63, 3.8) is 0 Å². The van der Waals surface area contributed by atoms with Crippen LogP contribution in [-0.4, -0.2) is 11.4 Å².